The van der Waals surface area contributed by atoms with E-state index in [1.54, 1.807) is 11.8 Å². The van der Waals surface area contributed by atoms with E-state index in [9.17, 15) is 9.59 Å². The van der Waals surface area contributed by atoms with Crippen LogP contribution in [0.1, 0.15) is 79.0 Å². The molecule has 0 saturated heterocycles. The normalized spacial score (nSPS) is 10.6. The van der Waals surface area contributed by atoms with E-state index in [4.69, 9.17) is 17.0 Å². The minimum atomic E-state index is -0.462. The number of esters is 1. The predicted molar refractivity (Wildman–Crippen MR) is 125 cm³/mol. The molecular formula is C21H35N3O3S2. The van der Waals surface area contributed by atoms with Crippen LogP contribution in [-0.2, 0) is 4.74 Å². The van der Waals surface area contributed by atoms with Crippen molar-refractivity contribution in [2.24, 2.45) is 0 Å². The van der Waals surface area contributed by atoms with Crippen LogP contribution < -0.4 is 5.32 Å². The van der Waals surface area contributed by atoms with Gasteiger partial charge in [0.25, 0.3) is 5.91 Å². The Labute approximate surface area is 184 Å². The predicted octanol–water partition coefficient (Wildman–Crippen LogP) is 4.92. The molecule has 0 radical (unpaired) electrons. The molecule has 0 unspecified atom stereocenters. The molecule has 164 valence electrons. The van der Waals surface area contributed by atoms with Crippen LogP contribution in [0, 0.1) is 6.92 Å². The van der Waals surface area contributed by atoms with E-state index in [0.717, 1.165) is 38.8 Å². The van der Waals surface area contributed by atoms with E-state index in [1.165, 1.54) is 18.4 Å². The molecule has 1 aromatic rings. The number of nitrogens with one attached hydrogen (secondary N) is 1. The molecule has 29 heavy (non-hydrogen) atoms. The first-order chi connectivity index (χ1) is 13.9. The molecule has 8 heteroatoms. The van der Waals surface area contributed by atoms with Crippen LogP contribution in [0.15, 0.2) is 0 Å². The summed E-state index contributed by atoms with van der Waals surface area (Å²) in [5.74, 6) is -0.535. The van der Waals surface area contributed by atoms with Crippen LogP contribution in [-0.4, -0.2) is 60.1 Å². The SMILES string of the molecule is CCCCN(CCCC)C(=S)Nc1sc(C(=O)N(CC)CC)c(C)c1C(=O)OC. The van der Waals surface area contributed by atoms with E-state index < -0.39 is 5.97 Å². The zero-order chi connectivity index (χ0) is 22.0. The van der Waals surface area contributed by atoms with Gasteiger partial charge in [-0.25, -0.2) is 4.79 Å². The van der Waals surface area contributed by atoms with Crippen LogP contribution in [0.4, 0.5) is 5.00 Å². The Kier molecular flexibility index (Phi) is 11.2. The smallest absolute Gasteiger partial charge is 0.341 e. The van der Waals surface area contributed by atoms with Crippen molar-refractivity contribution in [2.75, 3.05) is 38.6 Å². The number of anilines is 1. The number of hydrogen-bond donors (Lipinski definition) is 1. The van der Waals surface area contributed by atoms with Gasteiger partial charge in [-0.2, -0.15) is 0 Å². The summed E-state index contributed by atoms with van der Waals surface area (Å²) in [6, 6.07) is 0. The van der Waals surface area contributed by atoms with Crippen molar-refractivity contribution in [3.63, 3.8) is 0 Å². The maximum atomic E-state index is 12.9. The van der Waals surface area contributed by atoms with Crippen LogP contribution >= 0.6 is 23.6 Å². The molecule has 0 bridgehead atoms. The third-order valence-corrected chi connectivity index (χ3v) is 6.41. The molecule has 0 atom stereocenters. The highest BCUT2D eigenvalue weighted by atomic mass is 32.1. The van der Waals surface area contributed by atoms with Gasteiger partial charge in [0.2, 0.25) is 0 Å². The number of amides is 1. The van der Waals surface area contributed by atoms with Crippen LogP contribution in [0.5, 0.6) is 0 Å². The van der Waals surface area contributed by atoms with Crippen molar-refractivity contribution in [2.45, 2.75) is 60.3 Å². The van der Waals surface area contributed by atoms with Crippen molar-refractivity contribution in [3.8, 4) is 0 Å². The molecule has 0 aliphatic rings. The summed E-state index contributed by atoms with van der Waals surface area (Å²) in [5.41, 5.74) is 1.03. The van der Waals surface area contributed by atoms with Crippen molar-refractivity contribution >= 4 is 45.5 Å². The zero-order valence-electron chi connectivity index (χ0n) is 18.6. The van der Waals surface area contributed by atoms with Gasteiger partial charge in [0, 0.05) is 26.2 Å². The molecule has 1 rings (SSSR count). The molecule has 1 amide bonds. The molecule has 0 fully saturated rings. The summed E-state index contributed by atoms with van der Waals surface area (Å²) < 4.78 is 4.98. The van der Waals surface area contributed by atoms with E-state index >= 15 is 0 Å². The Hall–Kier alpha value is -1.67. The van der Waals surface area contributed by atoms with Gasteiger partial charge in [0.05, 0.1) is 17.6 Å². The third-order valence-electron chi connectivity index (χ3n) is 4.85. The number of ether oxygens (including phenoxy) is 1. The lowest BCUT2D eigenvalue weighted by Crippen LogP contribution is -2.36. The van der Waals surface area contributed by atoms with E-state index in [-0.39, 0.29) is 5.91 Å². The summed E-state index contributed by atoms with van der Waals surface area (Å²) in [6.45, 7) is 12.9. The molecule has 1 aromatic heterocycles. The number of methoxy groups -OCH3 is 1. The second kappa shape index (κ2) is 12.8. The number of nitrogens with zero attached hydrogens (tertiary/aromatic N) is 2. The number of thiophene rings is 1. The Morgan fingerprint density at radius 1 is 1.03 bits per heavy atom. The van der Waals surface area contributed by atoms with Crippen LogP contribution in [0.3, 0.4) is 0 Å². The van der Waals surface area contributed by atoms with Crippen LogP contribution in [0.2, 0.25) is 0 Å². The topological polar surface area (TPSA) is 61.9 Å². The minimum Gasteiger partial charge on any atom is -0.465 e. The van der Waals surface area contributed by atoms with Crippen LogP contribution in [0.25, 0.3) is 0 Å². The minimum absolute atomic E-state index is 0.0737. The van der Waals surface area contributed by atoms with Crippen molar-refractivity contribution in [3.05, 3.63) is 16.0 Å². The van der Waals surface area contributed by atoms with Gasteiger partial charge in [-0.3, -0.25) is 4.79 Å². The summed E-state index contributed by atoms with van der Waals surface area (Å²) >= 11 is 6.93. The molecular weight excluding hydrogens is 406 g/mol. The number of carbonyl (C=O) groups is 2. The first-order valence-electron chi connectivity index (χ1n) is 10.4. The van der Waals surface area contributed by atoms with Crippen molar-refractivity contribution in [1.82, 2.24) is 9.80 Å². The first kappa shape index (κ1) is 25.4. The first-order valence-corrected chi connectivity index (χ1v) is 11.6. The molecule has 6 nitrogen and oxygen atoms in total. The zero-order valence-corrected chi connectivity index (χ0v) is 20.2. The quantitative estimate of drug-likeness (QED) is 0.388. The number of thiocarbonyl (C=S) groups is 1. The van der Waals surface area contributed by atoms with Crippen molar-refractivity contribution in [1.29, 1.82) is 0 Å². The lowest BCUT2D eigenvalue weighted by molar-refractivity contribution is 0.0601. The highest BCUT2D eigenvalue weighted by Crippen LogP contribution is 2.34. The fraction of sp³-hybridized carbons (Fsp3) is 0.667. The van der Waals surface area contributed by atoms with E-state index in [2.05, 4.69) is 24.1 Å². The lowest BCUT2D eigenvalue weighted by atomic mass is 10.1. The van der Waals surface area contributed by atoms with Gasteiger partial charge in [-0.05, 0) is 51.4 Å². The van der Waals surface area contributed by atoms with E-state index in [1.807, 2.05) is 13.8 Å². The van der Waals surface area contributed by atoms with Gasteiger partial charge in [0.15, 0.2) is 5.11 Å². The number of carbonyl (C=O) groups excluding carboxylic acids is 2. The van der Waals surface area contributed by atoms with Gasteiger partial charge in [-0.1, -0.05) is 26.7 Å². The lowest BCUT2D eigenvalue weighted by Gasteiger charge is -2.25. The molecule has 0 aliphatic carbocycles. The fourth-order valence-corrected chi connectivity index (χ4v) is 4.51. The molecule has 0 saturated carbocycles. The number of hydrogen-bond acceptors (Lipinski definition) is 5. The Morgan fingerprint density at radius 3 is 2.03 bits per heavy atom. The maximum Gasteiger partial charge on any atom is 0.341 e. The summed E-state index contributed by atoms with van der Waals surface area (Å²) in [7, 11) is 1.35. The average molecular weight is 442 g/mol. The Morgan fingerprint density at radius 2 is 1.59 bits per heavy atom. The van der Waals surface area contributed by atoms with E-state index in [0.29, 0.717) is 39.2 Å². The summed E-state index contributed by atoms with van der Waals surface area (Å²) in [6.07, 6.45) is 4.26. The number of rotatable bonds is 11. The molecule has 1 heterocycles. The Bertz CT molecular complexity index is 692. The molecule has 1 N–H and O–H groups in total. The van der Waals surface area contributed by atoms with Gasteiger partial charge < -0.3 is 19.9 Å². The standard InChI is InChI=1S/C21H35N3O3S2/c1-7-11-13-24(14-12-8-2)21(28)22-18-16(20(26)27-6)15(5)17(29-18)19(25)23(9-3)10-4/h7-14H2,1-6H3,(H,22,28). The molecule has 0 aliphatic heterocycles. The molecule has 0 aromatic carbocycles. The summed E-state index contributed by atoms with van der Waals surface area (Å²) in [4.78, 5) is 29.8. The third kappa shape index (κ3) is 6.67. The van der Waals surface area contributed by atoms with Gasteiger partial charge in [0.1, 0.15) is 5.00 Å². The highest BCUT2D eigenvalue weighted by Gasteiger charge is 2.28. The summed E-state index contributed by atoms with van der Waals surface area (Å²) in [5, 5.41) is 4.40. The Balaban J connectivity index is 3.24. The fourth-order valence-electron chi connectivity index (χ4n) is 3.00. The largest absolute Gasteiger partial charge is 0.465 e. The van der Waals surface area contributed by atoms with Gasteiger partial charge >= 0.3 is 5.97 Å². The average Bonchev–Trinajstić information content (AvgIpc) is 3.03. The van der Waals surface area contributed by atoms with Crippen molar-refractivity contribution < 1.29 is 14.3 Å². The second-order valence-corrected chi connectivity index (χ2v) is 8.26. The van der Waals surface area contributed by atoms with Gasteiger partial charge in [-0.15, -0.1) is 11.3 Å². The highest BCUT2D eigenvalue weighted by molar-refractivity contribution is 7.80. The second-order valence-electron chi connectivity index (χ2n) is 6.85. The maximum absolute atomic E-state index is 12.9. The molecule has 0 spiro atoms. The monoisotopic (exact) mass is 441 g/mol. The number of unbranched alkanes of at least 4 members (excludes halogenated alkanes) is 2.